The number of nitrogens with two attached hydrogens (primary N) is 1. The minimum atomic E-state index is -3.44. The van der Waals surface area contributed by atoms with Crippen molar-refractivity contribution >= 4 is 26.0 Å². The van der Waals surface area contributed by atoms with Gasteiger partial charge in [-0.25, -0.2) is 13.6 Å². The number of benzene rings is 1. The fraction of sp³-hybridized carbons (Fsp3) is 0.400. The van der Waals surface area contributed by atoms with E-state index in [-0.39, 0.29) is 12.4 Å². The topological polar surface area (TPSA) is 78.6 Å². The lowest BCUT2D eigenvalue weighted by Gasteiger charge is -2.08. The maximum atomic E-state index is 10.6. The van der Waals surface area contributed by atoms with Gasteiger partial charge in [0, 0.05) is 0 Å². The molecule has 1 aromatic carbocycles. The molecule has 0 saturated heterocycles. The van der Waals surface area contributed by atoms with Crippen LogP contribution in [0.1, 0.15) is 0 Å². The molecule has 0 spiro atoms. The molecule has 1 aromatic rings. The fourth-order valence-electron chi connectivity index (χ4n) is 1.05. The third kappa shape index (κ3) is 6.62. The van der Waals surface area contributed by atoms with Gasteiger partial charge in [-0.05, 0) is 28.1 Å². The second-order valence-electron chi connectivity index (χ2n) is 3.26. The van der Waals surface area contributed by atoms with Gasteiger partial charge in [0.1, 0.15) is 12.4 Å². The summed E-state index contributed by atoms with van der Waals surface area (Å²) in [5.41, 5.74) is 0. The predicted octanol–water partition coefficient (Wildman–Crippen LogP) is 1.13. The Morgan fingerprint density at radius 3 is 2.53 bits per heavy atom. The molecular weight excluding hydrogens is 310 g/mol. The molecule has 0 bridgehead atoms. The van der Waals surface area contributed by atoms with Gasteiger partial charge in [0.25, 0.3) is 0 Å². The van der Waals surface area contributed by atoms with Crippen LogP contribution in [0.25, 0.3) is 0 Å². The lowest BCUT2D eigenvalue weighted by Crippen LogP contribution is -2.21. The fourth-order valence-corrected chi connectivity index (χ4v) is 1.80. The van der Waals surface area contributed by atoms with Crippen molar-refractivity contribution < 1.29 is 17.9 Å². The summed E-state index contributed by atoms with van der Waals surface area (Å²) in [6.45, 7) is 0.752. The van der Waals surface area contributed by atoms with Gasteiger partial charge < -0.3 is 9.47 Å². The van der Waals surface area contributed by atoms with Crippen molar-refractivity contribution in [3.8, 4) is 5.75 Å². The zero-order valence-electron chi connectivity index (χ0n) is 9.13. The molecule has 1 rings (SSSR count). The van der Waals surface area contributed by atoms with Crippen molar-refractivity contribution in [2.45, 2.75) is 0 Å². The molecule has 0 aliphatic rings. The van der Waals surface area contributed by atoms with E-state index in [0.717, 1.165) is 10.2 Å². The maximum absolute atomic E-state index is 10.6. The second kappa shape index (κ2) is 6.95. The Bertz CT molecular complexity index is 449. The zero-order valence-corrected chi connectivity index (χ0v) is 11.5. The molecule has 0 atom stereocenters. The van der Waals surface area contributed by atoms with Crippen LogP contribution in [0.5, 0.6) is 5.75 Å². The molecule has 0 amide bonds. The molecule has 0 fully saturated rings. The SMILES string of the molecule is NS(=O)(=O)CCOCCOc1ccccc1Br. The van der Waals surface area contributed by atoms with Crippen LogP contribution in [-0.2, 0) is 14.8 Å². The summed E-state index contributed by atoms with van der Waals surface area (Å²) in [4.78, 5) is 0. The van der Waals surface area contributed by atoms with E-state index < -0.39 is 10.0 Å². The van der Waals surface area contributed by atoms with E-state index in [1.54, 1.807) is 0 Å². The van der Waals surface area contributed by atoms with Crippen molar-refractivity contribution in [1.29, 1.82) is 0 Å². The summed E-state index contributed by atoms with van der Waals surface area (Å²) in [6.07, 6.45) is 0. The van der Waals surface area contributed by atoms with Gasteiger partial charge in [0.2, 0.25) is 10.0 Å². The van der Waals surface area contributed by atoms with E-state index in [4.69, 9.17) is 14.6 Å². The summed E-state index contributed by atoms with van der Waals surface area (Å²) >= 11 is 3.34. The maximum Gasteiger partial charge on any atom is 0.211 e. The molecule has 0 saturated carbocycles. The normalized spacial score (nSPS) is 11.4. The number of hydrogen-bond donors (Lipinski definition) is 1. The summed E-state index contributed by atoms with van der Waals surface area (Å²) in [5, 5.41) is 4.82. The van der Waals surface area contributed by atoms with E-state index in [2.05, 4.69) is 15.9 Å². The Labute approximate surface area is 109 Å². The van der Waals surface area contributed by atoms with Crippen molar-refractivity contribution in [3.05, 3.63) is 28.7 Å². The molecule has 0 radical (unpaired) electrons. The quantitative estimate of drug-likeness (QED) is 0.763. The first-order chi connectivity index (χ1) is 7.99. The van der Waals surface area contributed by atoms with E-state index in [1.165, 1.54) is 0 Å². The average molecular weight is 324 g/mol. The first-order valence-electron chi connectivity index (χ1n) is 4.94. The van der Waals surface area contributed by atoms with Gasteiger partial charge >= 0.3 is 0 Å². The molecule has 5 nitrogen and oxygen atoms in total. The summed E-state index contributed by atoms with van der Waals surface area (Å²) < 4.78 is 32.5. The monoisotopic (exact) mass is 323 g/mol. The van der Waals surface area contributed by atoms with Gasteiger partial charge in [-0.1, -0.05) is 12.1 Å². The van der Waals surface area contributed by atoms with Gasteiger partial charge in [-0.2, -0.15) is 0 Å². The van der Waals surface area contributed by atoms with E-state index in [0.29, 0.717) is 13.2 Å². The van der Waals surface area contributed by atoms with Crippen molar-refractivity contribution in [2.75, 3.05) is 25.6 Å². The minimum Gasteiger partial charge on any atom is -0.490 e. The van der Waals surface area contributed by atoms with Gasteiger partial charge in [0.15, 0.2) is 0 Å². The lowest BCUT2D eigenvalue weighted by molar-refractivity contribution is 0.111. The molecule has 7 heteroatoms. The van der Waals surface area contributed by atoms with E-state index >= 15 is 0 Å². The number of rotatable bonds is 7. The Kier molecular flexibility index (Phi) is 5.90. The van der Waals surface area contributed by atoms with E-state index in [9.17, 15) is 8.42 Å². The molecule has 0 aromatic heterocycles. The van der Waals surface area contributed by atoms with Crippen LogP contribution in [0.15, 0.2) is 28.7 Å². The Hall–Kier alpha value is -0.630. The molecule has 2 N–H and O–H groups in total. The second-order valence-corrected chi connectivity index (χ2v) is 5.85. The Balaban J connectivity index is 2.15. The van der Waals surface area contributed by atoms with Gasteiger partial charge in [-0.3, -0.25) is 0 Å². The number of sulfonamides is 1. The lowest BCUT2D eigenvalue weighted by atomic mass is 10.3. The molecular formula is C10H14BrNO4S. The standard InChI is InChI=1S/C10H14BrNO4S/c11-9-3-1-2-4-10(9)16-6-5-15-7-8-17(12,13)14/h1-4H,5-8H2,(H2,12,13,14). The van der Waals surface area contributed by atoms with E-state index in [1.807, 2.05) is 24.3 Å². The average Bonchev–Trinajstić information content (AvgIpc) is 2.24. The molecule has 96 valence electrons. The van der Waals surface area contributed by atoms with Gasteiger partial charge in [-0.15, -0.1) is 0 Å². The van der Waals surface area contributed by atoms with Crippen LogP contribution in [0.2, 0.25) is 0 Å². The highest BCUT2D eigenvalue weighted by Crippen LogP contribution is 2.23. The molecule has 0 aliphatic heterocycles. The number of primary sulfonamides is 1. The third-order valence-corrected chi connectivity index (χ3v) is 3.22. The van der Waals surface area contributed by atoms with Crippen LogP contribution >= 0.6 is 15.9 Å². The first kappa shape index (κ1) is 14.4. The molecule has 17 heavy (non-hydrogen) atoms. The minimum absolute atomic E-state index is 0.0815. The van der Waals surface area contributed by atoms with Gasteiger partial charge in [0.05, 0.1) is 23.4 Å². The summed E-state index contributed by atoms with van der Waals surface area (Å²) in [6, 6.07) is 7.45. The molecule has 0 aliphatic carbocycles. The first-order valence-corrected chi connectivity index (χ1v) is 7.45. The zero-order chi connectivity index (χ0) is 12.7. The smallest absolute Gasteiger partial charge is 0.211 e. The van der Waals surface area contributed by atoms with Crippen LogP contribution in [0.4, 0.5) is 0 Å². The predicted molar refractivity (Wildman–Crippen MR) is 68.4 cm³/mol. The van der Waals surface area contributed by atoms with Crippen molar-refractivity contribution in [1.82, 2.24) is 0 Å². The number of ether oxygens (including phenoxy) is 2. The molecule has 0 unspecified atom stereocenters. The third-order valence-electron chi connectivity index (χ3n) is 1.83. The highest BCUT2D eigenvalue weighted by atomic mass is 79.9. The number of halogens is 1. The highest BCUT2D eigenvalue weighted by Gasteiger charge is 2.02. The Morgan fingerprint density at radius 1 is 1.18 bits per heavy atom. The van der Waals surface area contributed by atoms with Crippen LogP contribution in [0, 0.1) is 0 Å². The number of hydrogen-bond acceptors (Lipinski definition) is 4. The molecule has 0 heterocycles. The Morgan fingerprint density at radius 2 is 1.88 bits per heavy atom. The van der Waals surface area contributed by atoms with Crippen molar-refractivity contribution in [2.24, 2.45) is 5.14 Å². The summed E-state index contributed by atoms with van der Waals surface area (Å²) in [7, 11) is -3.44. The summed E-state index contributed by atoms with van der Waals surface area (Å²) in [5.74, 6) is 0.546. The van der Waals surface area contributed by atoms with Crippen molar-refractivity contribution in [3.63, 3.8) is 0 Å². The van der Waals surface area contributed by atoms with Crippen LogP contribution in [-0.4, -0.2) is 34.0 Å². The van der Waals surface area contributed by atoms with Crippen LogP contribution < -0.4 is 9.88 Å². The van der Waals surface area contributed by atoms with Crippen LogP contribution in [0.3, 0.4) is 0 Å². The highest BCUT2D eigenvalue weighted by molar-refractivity contribution is 9.10. The largest absolute Gasteiger partial charge is 0.490 e. The number of para-hydroxylation sites is 1.